The molecule has 0 N–H and O–H groups in total. The van der Waals surface area contributed by atoms with Gasteiger partial charge in [0.25, 0.3) is 0 Å². The maximum Gasteiger partial charge on any atom is 0.161 e. The van der Waals surface area contributed by atoms with E-state index in [9.17, 15) is 0 Å². The number of aromatic nitrogens is 2. The summed E-state index contributed by atoms with van der Waals surface area (Å²) < 4.78 is 5.83. The summed E-state index contributed by atoms with van der Waals surface area (Å²) in [6.07, 6.45) is 4.48. The van der Waals surface area contributed by atoms with E-state index in [1.54, 1.807) is 0 Å². The van der Waals surface area contributed by atoms with Crippen LogP contribution in [0.15, 0.2) is 0 Å². The molecule has 1 heterocycles. The fraction of sp³-hybridized carbons (Fsp3) is 0.750. The zero-order chi connectivity index (χ0) is 15.6. The van der Waals surface area contributed by atoms with Gasteiger partial charge in [0.2, 0.25) is 0 Å². The van der Waals surface area contributed by atoms with Gasteiger partial charge in [-0.15, -0.1) is 0 Å². The van der Waals surface area contributed by atoms with Crippen molar-refractivity contribution >= 4 is 23.2 Å². The maximum absolute atomic E-state index is 6.42. The summed E-state index contributed by atoms with van der Waals surface area (Å²) in [7, 11) is 0. The molecule has 0 aromatic carbocycles. The highest BCUT2D eigenvalue weighted by Crippen LogP contribution is 2.42. The van der Waals surface area contributed by atoms with Crippen LogP contribution in [0.25, 0.3) is 0 Å². The molecule has 1 fully saturated rings. The number of hydrogen-bond acceptors (Lipinski definition) is 3. The highest BCUT2D eigenvalue weighted by molar-refractivity contribution is 6.34. The molecule has 0 aliphatic heterocycles. The Labute approximate surface area is 137 Å². The molecule has 1 atom stereocenters. The minimum atomic E-state index is -0.213. The Balaban J connectivity index is 2.37. The van der Waals surface area contributed by atoms with Gasteiger partial charge in [-0.2, -0.15) is 0 Å². The van der Waals surface area contributed by atoms with E-state index in [0.29, 0.717) is 28.7 Å². The van der Waals surface area contributed by atoms with E-state index >= 15 is 0 Å². The first-order valence-corrected chi connectivity index (χ1v) is 8.44. The molecule has 1 aromatic rings. The molecule has 0 saturated heterocycles. The summed E-state index contributed by atoms with van der Waals surface area (Å²) in [5.74, 6) is 0.986. The summed E-state index contributed by atoms with van der Waals surface area (Å²) in [6, 6.07) is 0. The Kier molecular flexibility index (Phi) is 5.50. The van der Waals surface area contributed by atoms with E-state index in [4.69, 9.17) is 27.9 Å². The van der Waals surface area contributed by atoms with Crippen LogP contribution in [0.2, 0.25) is 10.3 Å². The van der Waals surface area contributed by atoms with Crippen LogP contribution in [0.4, 0.5) is 0 Å². The molecule has 0 amide bonds. The predicted octanol–water partition coefficient (Wildman–Crippen LogP) is 5.56. The van der Waals surface area contributed by atoms with Crippen molar-refractivity contribution in [2.75, 3.05) is 6.61 Å². The minimum Gasteiger partial charge on any atom is -0.370 e. The SMILES string of the molecule is CCOC(c1nc(Cl)c(C2CCCC2)c(Cl)n1)C(C)(C)C. The predicted molar refractivity (Wildman–Crippen MR) is 87.1 cm³/mol. The molecule has 5 heteroatoms. The molecule has 1 saturated carbocycles. The summed E-state index contributed by atoms with van der Waals surface area (Å²) in [4.78, 5) is 9.02. The quantitative estimate of drug-likeness (QED) is 0.677. The van der Waals surface area contributed by atoms with Crippen molar-refractivity contribution in [1.82, 2.24) is 9.97 Å². The second-order valence-corrected chi connectivity index (χ2v) is 7.48. The molecule has 1 aliphatic rings. The Hall–Kier alpha value is -0.380. The van der Waals surface area contributed by atoms with Gasteiger partial charge in [0.05, 0.1) is 0 Å². The van der Waals surface area contributed by atoms with E-state index in [1.165, 1.54) is 12.8 Å². The summed E-state index contributed by atoms with van der Waals surface area (Å²) in [5.41, 5.74) is 0.807. The average molecular weight is 331 g/mol. The molecule has 1 aromatic heterocycles. The van der Waals surface area contributed by atoms with Gasteiger partial charge in [-0.05, 0) is 31.1 Å². The number of ether oxygens (including phenoxy) is 1. The molecule has 0 spiro atoms. The van der Waals surface area contributed by atoms with Crippen LogP contribution in [0.3, 0.4) is 0 Å². The standard InChI is InChI=1S/C16H24Cl2N2O/c1-5-21-12(16(2,3)4)15-19-13(17)11(14(18)20-15)10-8-6-7-9-10/h10,12H,5-9H2,1-4H3. The molecule has 3 nitrogen and oxygen atoms in total. The van der Waals surface area contributed by atoms with E-state index in [0.717, 1.165) is 18.4 Å². The zero-order valence-corrected chi connectivity index (χ0v) is 14.8. The Morgan fingerprint density at radius 3 is 2.10 bits per heavy atom. The molecule has 1 aliphatic carbocycles. The van der Waals surface area contributed by atoms with Crippen LogP contribution in [-0.4, -0.2) is 16.6 Å². The molecule has 2 rings (SSSR count). The highest BCUT2D eigenvalue weighted by Gasteiger charge is 2.32. The summed E-state index contributed by atoms with van der Waals surface area (Å²) >= 11 is 12.8. The van der Waals surface area contributed by atoms with Crippen molar-refractivity contribution in [1.29, 1.82) is 0 Å². The lowest BCUT2D eigenvalue weighted by molar-refractivity contribution is -0.0191. The monoisotopic (exact) mass is 330 g/mol. The third-order valence-corrected chi connectivity index (χ3v) is 4.56. The van der Waals surface area contributed by atoms with Crippen LogP contribution < -0.4 is 0 Å². The molecule has 118 valence electrons. The Bertz CT molecular complexity index is 471. The largest absolute Gasteiger partial charge is 0.370 e. The van der Waals surface area contributed by atoms with E-state index in [1.807, 2.05) is 6.92 Å². The van der Waals surface area contributed by atoms with Gasteiger partial charge in [-0.1, -0.05) is 56.8 Å². The molecule has 21 heavy (non-hydrogen) atoms. The lowest BCUT2D eigenvalue weighted by Gasteiger charge is -2.29. The van der Waals surface area contributed by atoms with Crippen LogP contribution in [-0.2, 0) is 4.74 Å². The molecular formula is C16H24Cl2N2O. The van der Waals surface area contributed by atoms with Gasteiger partial charge in [-0.25, -0.2) is 9.97 Å². The van der Waals surface area contributed by atoms with Crippen molar-refractivity contribution in [3.05, 3.63) is 21.7 Å². The maximum atomic E-state index is 6.42. The highest BCUT2D eigenvalue weighted by atomic mass is 35.5. The molecule has 0 bridgehead atoms. The first kappa shape index (κ1) is 17.0. The van der Waals surface area contributed by atoms with Gasteiger partial charge in [-0.3, -0.25) is 0 Å². The second kappa shape index (κ2) is 6.80. The lowest BCUT2D eigenvalue weighted by Crippen LogP contribution is -2.24. The van der Waals surface area contributed by atoms with E-state index < -0.39 is 0 Å². The first-order valence-electron chi connectivity index (χ1n) is 7.69. The van der Waals surface area contributed by atoms with Crippen molar-refractivity contribution in [3.63, 3.8) is 0 Å². The Morgan fingerprint density at radius 2 is 1.67 bits per heavy atom. The van der Waals surface area contributed by atoms with Crippen molar-refractivity contribution in [2.24, 2.45) is 5.41 Å². The topological polar surface area (TPSA) is 35.0 Å². The smallest absolute Gasteiger partial charge is 0.161 e. The molecular weight excluding hydrogens is 307 g/mol. The molecule has 0 radical (unpaired) electrons. The number of hydrogen-bond donors (Lipinski definition) is 0. The second-order valence-electron chi connectivity index (χ2n) is 6.76. The van der Waals surface area contributed by atoms with Gasteiger partial charge in [0.15, 0.2) is 5.82 Å². The Morgan fingerprint density at radius 1 is 1.14 bits per heavy atom. The van der Waals surface area contributed by atoms with Gasteiger partial charge < -0.3 is 4.74 Å². The average Bonchev–Trinajstić information content (AvgIpc) is 2.87. The van der Waals surface area contributed by atoms with Gasteiger partial charge in [0, 0.05) is 12.2 Å². The van der Waals surface area contributed by atoms with Gasteiger partial charge in [0.1, 0.15) is 16.4 Å². The number of nitrogens with zero attached hydrogens (tertiary/aromatic N) is 2. The first-order chi connectivity index (χ1) is 9.84. The van der Waals surface area contributed by atoms with Crippen LogP contribution in [0.1, 0.15) is 76.8 Å². The van der Waals surface area contributed by atoms with Crippen molar-refractivity contribution < 1.29 is 4.74 Å². The van der Waals surface area contributed by atoms with Gasteiger partial charge >= 0.3 is 0 Å². The van der Waals surface area contributed by atoms with Crippen LogP contribution in [0.5, 0.6) is 0 Å². The van der Waals surface area contributed by atoms with Crippen LogP contribution in [0, 0.1) is 5.41 Å². The third kappa shape index (κ3) is 3.88. The summed E-state index contributed by atoms with van der Waals surface area (Å²) in [6.45, 7) is 8.87. The van der Waals surface area contributed by atoms with Crippen molar-refractivity contribution in [2.45, 2.75) is 65.4 Å². The van der Waals surface area contributed by atoms with E-state index in [-0.39, 0.29) is 11.5 Å². The van der Waals surface area contributed by atoms with E-state index in [2.05, 4.69) is 30.7 Å². The number of halogens is 2. The normalized spacial score (nSPS) is 18.2. The molecule has 1 unspecified atom stereocenters. The van der Waals surface area contributed by atoms with Crippen LogP contribution >= 0.6 is 23.2 Å². The zero-order valence-electron chi connectivity index (χ0n) is 13.2. The number of rotatable bonds is 4. The van der Waals surface area contributed by atoms with Crippen molar-refractivity contribution in [3.8, 4) is 0 Å². The summed E-state index contributed by atoms with van der Waals surface area (Å²) in [5, 5.41) is 0.983. The fourth-order valence-corrected chi connectivity index (χ4v) is 3.69. The third-order valence-electron chi connectivity index (χ3n) is 3.99. The fourth-order valence-electron chi connectivity index (χ4n) is 2.98. The lowest BCUT2D eigenvalue weighted by atomic mass is 9.88. The minimum absolute atomic E-state index is 0.114.